The van der Waals surface area contributed by atoms with Crippen LogP contribution in [0.4, 0.5) is 4.39 Å². The number of furan rings is 1. The molecule has 1 amide bonds. The Morgan fingerprint density at radius 3 is 2.67 bits per heavy atom. The van der Waals surface area contributed by atoms with Crippen molar-refractivity contribution >= 4 is 5.91 Å². The number of nitrogens with one attached hydrogen (secondary N) is 1. The molecule has 2 unspecified atom stereocenters. The highest BCUT2D eigenvalue weighted by Crippen LogP contribution is 2.25. The van der Waals surface area contributed by atoms with Gasteiger partial charge < -0.3 is 19.4 Å². The summed E-state index contributed by atoms with van der Waals surface area (Å²) in [6.45, 7) is 1.16. The molecule has 2 aromatic rings. The minimum atomic E-state index is -0.311. The van der Waals surface area contributed by atoms with Gasteiger partial charge in [-0.3, -0.25) is 4.79 Å². The fourth-order valence-corrected chi connectivity index (χ4v) is 3.59. The number of nitrogens with zero attached hydrogens (tertiary/aromatic N) is 1. The molecule has 1 aliphatic rings. The molecule has 5 nitrogen and oxygen atoms in total. The Bertz CT molecular complexity index is 742. The maximum absolute atomic E-state index is 12.9. The van der Waals surface area contributed by atoms with Gasteiger partial charge in [-0.05, 0) is 69.3 Å². The smallest absolute Gasteiger partial charge is 0.287 e. The molecule has 1 aromatic carbocycles. The maximum atomic E-state index is 12.9. The van der Waals surface area contributed by atoms with E-state index in [0.717, 1.165) is 25.8 Å². The van der Waals surface area contributed by atoms with Gasteiger partial charge in [0.25, 0.3) is 5.91 Å². The van der Waals surface area contributed by atoms with Crippen LogP contribution in [0.5, 0.6) is 5.75 Å². The zero-order valence-corrected chi connectivity index (χ0v) is 15.9. The normalized spacial score (nSPS) is 19.9. The lowest BCUT2D eigenvalue weighted by molar-refractivity contribution is 0.0863. The highest BCUT2D eigenvalue weighted by atomic mass is 19.1. The van der Waals surface area contributed by atoms with E-state index in [-0.39, 0.29) is 24.4 Å². The summed E-state index contributed by atoms with van der Waals surface area (Å²) in [4.78, 5) is 14.7. The van der Waals surface area contributed by atoms with Crippen LogP contribution < -0.4 is 10.1 Å². The average molecular weight is 374 g/mol. The molecule has 1 fully saturated rings. The van der Waals surface area contributed by atoms with Gasteiger partial charge in [-0.25, -0.2) is 4.39 Å². The van der Waals surface area contributed by atoms with Gasteiger partial charge in [0.1, 0.15) is 23.9 Å². The molecular formula is C21H27FN2O3. The molecule has 1 N–H and O–H groups in total. The second-order valence-corrected chi connectivity index (χ2v) is 7.40. The zero-order valence-electron chi connectivity index (χ0n) is 15.9. The first-order valence-electron chi connectivity index (χ1n) is 9.44. The third kappa shape index (κ3) is 5.57. The Hall–Kier alpha value is -2.34. The number of rotatable bonds is 7. The van der Waals surface area contributed by atoms with Crippen LogP contribution >= 0.6 is 0 Å². The second-order valence-electron chi connectivity index (χ2n) is 7.40. The van der Waals surface area contributed by atoms with E-state index < -0.39 is 0 Å². The Kier molecular flexibility index (Phi) is 6.50. The molecule has 0 spiro atoms. The summed E-state index contributed by atoms with van der Waals surface area (Å²) >= 11 is 0. The van der Waals surface area contributed by atoms with Gasteiger partial charge in [0.05, 0.1) is 0 Å². The second kappa shape index (κ2) is 9.04. The molecule has 1 aliphatic carbocycles. The monoisotopic (exact) mass is 374 g/mol. The summed E-state index contributed by atoms with van der Waals surface area (Å²) in [6.07, 6.45) is 4.50. The Labute approximate surface area is 159 Å². The first-order valence-corrected chi connectivity index (χ1v) is 9.44. The minimum Gasteiger partial charge on any atom is -0.486 e. The highest BCUT2D eigenvalue weighted by molar-refractivity contribution is 5.91. The van der Waals surface area contributed by atoms with Crippen molar-refractivity contribution in [3.05, 3.63) is 53.7 Å². The number of halogens is 1. The maximum Gasteiger partial charge on any atom is 0.287 e. The first-order chi connectivity index (χ1) is 13.0. The molecule has 6 heteroatoms. The number of hydrogen-bond donors (Lipinski definition) is 1. The van der Waals surface area contributed by atoms with Gasteiger partial charge in [-0.15, -0.1) is 0 Å². The van der Waals surface area contributed by atoms with E-state index in [1.165, 1.54) is 18.6 Å². The molecule has 146 valence electrons. The van der Waals surface area contributed by atoms with Crippen LogP contribution in [0.1, 0.15) is 42.0 Å². The summed E-state index contributed by atoms with van der Waals surface area (Å²) in [6, 6.07) is 9.37. The van der Waals surface area contributed by atoms with Crippen molar-refractivity contribution in [2.45, 2.75) is 38.3 Å². The standard InChI is InChI=1S/C21H27FN2O3/c1-24(2)13-15-5-3-4-6-19(15)23-21(25)20-12-11-18(27-20)14-26-17-9-7-16(22)8-10-17/h7-12,15,19H,3-6,13-14H2,1-2H3,(H,23,25). The van der Waals surface area contributed by atoms with Gasteiger partial charge in [0, 0.05) is 12.6 Å². The van der Waals surface area contributed by atoms with Gasteiger partial charge >= 0.3 is 0 Å². The van der Waals surface area contributed by atoms with Crippen molar-refractivity contribution < 1.29 is 18.3 Å². The number of carbonyl (C=O) groups excluding carboxylic acids is 1. The molecule has 3 rings (SSSR count). The molecule has 0 saturated heterocycles. The third-order valence-corrected chi connectivity index (χ3v) is 4.91. The van der Waals surface area contributed by atoms with E-state index in [1.54, 1.807) is 24.3 Å². The van der Waals surface area contributed by atoms with Crippen molar-refractivity contribution in [2.75, 3.05) is 20.6 Å². The van der Waals surface area contributed by atoms with Gasteiger partial charge in [0.2, 0.25) is 0 Å². The summed E-state index contributed by atoms with van der Waals surface area (Å²) in [7, 11) is 4.13. The van der Waals surface area contributed by atoms with Crippen LogP contribution in [0, 0.1) is 11.7 Å². The molecule has 0 bridgehead atoms. The Morgan fingerprint density at radius 2 is 1.93 bits per heavy atom. The van der Waals surface area contributed by atoms with Crippen molar-refractivity contribution in [1.29, 1.82) is 0 Å². The van der Waals surface area contributed by atoms with E-state index >= 15 is 0 Å². The van der Waals surface area contributed by atoms with E-state index in [0.29, 0.717) is 23.2 Å². The summed E-state index contributed by atoms with van der Waals surface area (Å²) in [5.41, 5.74) is 0. The minimum absolute atomic E-state index is 0.178. The molecule has 1 aromatic heterocycles. The number of benzene rings is 1. The lowest BCUT2D eigenvalue weighted by Gasteiger charge is -2.33. The SMILES string of the molecule is CN(C)CC1CCCCC1NC(=O)c1ccc(COc2ccc(F)cc2)o1. The van der Waals surface area contributed by atoms with Gasteiger partial charge in [-0.1, -0.05) is 12.8 Å². The largest absolute Gasteiger partial charge is 0.486 e. The highest BCUT2D eigenvalue weighted by Gasteiger charge is 2.27. The topological polar surface area (TPSA) is 54.7 Å². The number of amides is 1. The van der Waals surface area contributed by atoms with Crippen molar-refractivity contribution in [2.24, 2.45) is 5.92 Å². The lowest BCUT2D eigenvalue weighted by atomic mass is 9.84. The van der Waals surface area contributed by atoms with Crippen molar-refractivity contribution in [3.63, 3.8) is 0 Å². The lowest BCUT2D eigenvalue weighted by Crippen LogP contribution is -2.45. The van der Waals surface area contributed by atoms with E-state index in [9.17, 15) is 9.18 Å². The van der Waals surface area contributed by atoms with Crippen LogP contribution in [-0.2, 0) is 6.61 Å². The van der Waals surface area contributed by atoms with Crippen LogP contribution in [0.15, 0.2) is 40.8 Å². The van der Waals surface area contributed by atoms with Gasteiger partial charge in [0.15, 0.2) is 5.76 Å². The molecule has 0 aliphatic heterocycles. The van der Waals surface area contributed by atoms with Crippen LogP contribution in [-0.4, -0.2) is 37.5 Å². The Balaban J connectivity index is 1.55. The van der Waals surface area contributed by atoms with Crippen LogP contribution in [0.25, 0.3) is 0 Å². The van der Waals surface area contributed by atoms with E-state index in [1.807, 2.05) is 0 Å². The molecule has 27 heavy (non-hydrogen) atoms. The summed E-state index contributed by atoms with van der Waals surface area (Å²) in [5.74, 6) is 1.37. The van der Waals surface area contributed by atoms with Crippen molar-refractivity contribution in [3.8, 4) is 5.75 Å². The van der Waals surface area contributed by atoms with Crippen LogP contribution in [0.2, 0.25) is 0 Å². The molecule has 1 heterocycles. The fourth-order valence-electron chi connectivity index (χ4n) is 3.59. The van der Waals surface area contributed by atoms with Gasteiger partial charge in [-0.2, -0.15) is 0 Å². The summed E-state index contributed by atoms with van der Waals surface area (Å²) < 4.78 is 24.1. The quantitative estimate of drug-likeness (QED) is 0.800. The average Bonchev–Trinajstić information content (AvgIpc) is 3.12. The van der Waals surface area contributed by atoms with E-state index in [4.69, 9.17) is 9.15 Å². The zero-order chi connectivity index (χ0) is 19.2. The Morgan fingerprint density at radius 1 is 1.19 bits per heavy atom. The molecule has 1 saturated carbocycles. The number of hydrogen-bond acceptors (Lipinski definition) is 4. The predicted molar refractivity (Wildman–Crippen MR) is 101 cm³/mol. The molecule has 0 radical (unpaired) electrons. The molecule has 2 atom stereocenters. The molecular weight excluding hydrogens is 347 g/mol. The predicted octanol–water partition coefficient (Wildman–Crippen LogP) is 3.85. The van der Waals surface area contributed by atoms with Crippen LogP contribution in [0.3, 0.4) is 0 Å². The summed E-state index contributed by atoms with van der Waals surface area (Å²) in [5, 5.41) is 3.14. The fraction of sp³-hybridized carbons (Fsp3) is 0.476. The first kappa shape index (κ1) is 19.4. The van der Waals surface area contributed by atoms with Crippen molar-refractivity contribution in [1.82, 2.24) is 10.2 Å². The number of carbonyl (C=O) groups is 1. The third-order valence-electron chi connectivity index (χ3n) is 4.91. The van der Waals surface area contributed by atoms with E-state index in [2.05, 4.69) is 24.3 Å². The number of ether oxygens (including phenoxy) is 1.